The first-order chi connectivity index (χ1) is 9.40. The minimum Gasteiger partial charge on any atom is -0.477 e. The number of allylic oxidation sites excluding steroid dienone is 3. The van der Waals surface area contributed by atoms with Crippen LogP contribution in [-0.2, 0) is 4.79 Å². The summed E-state index contributed by atoms with van der Waals surface area (Å²) in [5, 5.41) is 11.5. The molecule has 0 atom stereocenters. The molecular formula is C16H17NO3. The fourth-order valence-electron chi connectivity index (χ4n) is 1.58. The molecule has 0 bridgehead atoms. The molecule has 1 rings (SSSR count). The SMILES string of the molecule is C=C(C)CC(=C)/C=C(\NC(=O)c1ccccc1)C(=O)O. The zero-order chi connectivity index (χ0) is 15.1. The van der Waals surface area contributed by atoms with E-state index in [-0.39, 0.29) is 5.70 Å². The average Bonchev–Trinajstić information content (AvgIpc) is 2.37. The Morgan fingerprint density at radius 1 is 1.25 bits per heavy atom. The number of hydrogen-bond donors (Lipinski definition) is 2. The largest absolute Gasteiger partial charge is 0.477 e. The van der Waals surface area contributed by atoms with E-state index in [1.54, 1.807) is 30.3 Å². The maximum absolute atomic E-state index is 11.9. The van der Waals surface area contributed by atoms with Crippen molar-refractivity contribution in [1.29, 1.82) is 0 Å². The van der Waals surface area contributed by atoms with E-state index in [1.165, 1.54) is 6.08 Å². The van der Waals surface area contributed by atoms with E-state index in [2.05, 4.69) is 18.5 Å². The average molecular weight is 271 g/mol. The van der Waals surface area contributed by atoms with Crippen LogP contribution in [-0.4, -0.2) is 17.0 Å². The number of carbonyl (C=O) groups excluding carboxylic acids is 1. The van der Waals surface area contributed by atoms with Gasteiger partial charge >= 0.3 is 5.97 Å². The lowest BCUT2D eigenvalue weighted by Gasteiger charge is -2.07. The second kappa shape index (κ2) is 7.09. The fourth-order valence-corrected chi connectivity index (χ4v) is 1.58. The van der Waals surface area contributed by atoms with Crippen LogP contribution in [0.1, 0.15) is 23.7 Å². The molecule has 0 heterocycles. The Hall–Kier alpha value is -2.62. The Bertz CT molecular complexity index is 571. The zero-order valence-electron chi connectivity index (χ0n) is 11.3. The van der Waals surface area contributed by atoms with Crippen molar-refractivity contribution < 1.29 is 14.7 Å². The highest BCUT2D eigenvalue weighted by Crippen LogP contribution is 2.10. The van der Waals surface area contributed by atoms with E-state index in [4.69, 9.17) is 5.11 Å². The molecular weight excluding hydrogens is 254 g/mol. The molecule has 0 aliphatic heterocycles. The first-order valence-electron chi connectivity index (χ1n) is 6.03. The van der Waals surface area contributed by atoms with Crippen molar-refractivity contribution >= 4 is 11.9 Å². The van der Waals surface area contributed by atoms with Gasteiger partial charge in [0.25, 0.3) is 5.91 Å². The third-order valence-corrected chi connectivity index (χ3v) is 2.39. The van der Waals surface area contributed by atoms with Crippen molar-refractivity contribution in [2.75, 3.05) is 0 Å². The number of nitrogens with one attached hydrogen (secondary N) is 1. The van der Waals surface area contributed by atoms with Gasteiger partial charge in [-0.1, -0.05) is 36.9 Å². The minimum atomic E-state index is -1.21. The number of rotatable bonds is 6. The van der Waals surface area contributed by atoms with E-state index in [9.17, 15) is 9.59 Å². The standard InChI is InChI=1S/C16H17NO3/c1-11(2)9-12(3)10-14(16(19)20)17-15(18)13-7-5-4-6-8-13/h4-8,10H,1,3,9H2,2H3,(H,17,18)(H,19,20)/b14-10-. The van der Waals surface area contributed by atoms with Crippen molar-refractivity contribution in [1.82, 2.24) is 5.32 Å². The van der Waals surface area contributed by atoms with Crippen LogP contribution in [0.3, 0.4) is 0 Å². The number of hydrogen-bond acceptors (Lipinski definition) is 2. The van der Waals surface area contributed by atoms with Crippen LogP contribution in [0.15, 0.2) is 66.4 Å². The molecule has 2 N–H and O–H groups in total. The number of carbonyl (C=O) groups is 2. The van der Waals surface area contributed by atoms with Crippen LogP contribution < -0.4 is 5.32 Å². The lowest BCUT2D eigenvalue weighted by Crippen LogP contribution is -2.27. The van der Waals surface area contributed by atoms with Crippen molar-refractivity contribution in [3.05, 3.63) is 72.0 Å². The van der Waals surface area contributed by atoms with Gasteiger partial charge in [0.1, 0.15) is 5.70 Å². The molecule has 1 aromatic rings. The molecule has 0 saturated heterocycles. The van der Waals surface area contributed by atoms with Gasteiger partial charge in [0.05, 0.1) is 0 Å². The molecule has 0 aliphatic carbocycles. The molecule has 1 amide bonds. The summed E-state index contributed by atoms with van der Waals surface area (Å²) in [6.07, 6.45) is 1.83. The summed E-state index contributed by atoms with van der Waals surface area (Å²) >= 11 is 0. The van der Waals surface area contributed by atoms with E-state index >= 15 is 0 Å². The van der Waals surface area contributed by atoms with Crippen LogP contribution in [0.25, 0.3) is 0 Å². The molecule has 20 heavy (non-hydrogen) atoms. The van der Waals surface area contributed by atoms with Gasteiger partial charge in [-0.15, -0.1) is 0 Å². The molecule has 0 fully saturated rings. The Morgan fingerprint density at radius 3 is 2.35 bits per heavy atom. The van der Waals surface area contributed by atoms with Gasteiger partial charge < -0.3 is 10.4 Å². The molecule has 0 unspecified atom stereocenters. The molecule has 0 spiro atoms. The van der Waals surface area contributed by atoms with Gasteiger partial charge in [0.2, 0.25) is 0 Å². The van der Waals surface area contributed by atoms with Gasteiger partial charge in [-0.05, 0) is 37.1 Å². The summed E-state index contributed by atoms with van der Waals surface area (Å²) < 4.78 is 0. The van der Waals surface area contributed by atoms with Crippen LogP contribution in [0.2, 0.25) is 0 Å². The van der Waals surface area contributed by atoms with Crippen molar-refractivity contribution in [3.8, 4) is 0 Å². The third-order valence-electron chi connectivity index (χ3n) is 2.39. The molecule has 0 aromatic heterocycles. The quantitative estimate of drug-likeness (QED) is 0.475. The maximum Gasteiger partial charge on any atom is 0.352 e. The lowest BCUT2D eigenvalue weighted by molar-refractivity contribution is -0.133. The molecule has 104 valence electrons. The van der Waals surface area contributed by atoms with Gasteiger partial charge in [-0.2, -0.15) is 0 Å². The number of amides is 1. The van der Waals surface area contributed by atoms with Crippen LogP contribution in [0.5, 0.6) is 0 Å². The van der Waals surface area contributed by atoms with Gasteiger partial charge in [0.15, 0.2) is 0 Å². The summed E-state index contributed by atoms with van der Waals surface area (Å²) in [7, 11) is 0. The smallest absolute Gasteiger partial charge is 0.352 e. The summed E-state index contributed by atoms with van der Waals surface area (Å²) in [5.74, 6) is -1.68. The van der Waals surface area contributed by atoms with Crippen molar-refractivity contribution in [2.45, 2.75) is 13.3 Å². The topological polar surface area (TPSA) is 66.4 Å². The minimum absolute atomic E-state index is 0.204. The summed E-state index contributed by atoms with van der Waals surface area (Å²) in [6, 6.07) is 8.41. The predicted octanol–water partition coefficient (Wildman–Crippen LogP) is 2.91. The first kappa shape index (κ1) is 15.4. The maximum atomic E-state index is 11.9. The Balaban J connectivity index is 2.86. The normalized spacial score (nSPS) is 10.8. The van der Waals surface area contributed by atoms with Crippen LogP contribution in [0, 0.1) is 0 Å². The molecule has 1 aromatic carbocycles. The van der Waals surface area contributed by atoms with E-state index in [0.29, 0.717) is 17.6 Å². The van der Waals surface area contributed by atoms with E-state index in [0.717, 1.165) is 5.57 Å². The second-order valence-corrected chi connectivity index (χ2v) is 4.48. The molecule has 0 radical (unpaired) electrons. The Kier molecular flexibility index (Phi) is 5.47. The highest BCUT2D eigenvalue weighted by atomic mass is 16.4. The summed E-state index contributed by atoms with van der Waals surface area (Å²) in [6.45, 7) is 9.30. The number of benzene rings is 1. The monoisotopic (exact) mass is 271 g/mol. The van der Waals surface area contributed by atoms with Gasteiger partial charge in [-0.25, -0.2) is 4.79 Å². The predicted molar refractivity (Wildman–Crippen MR) is 78.2 cm³/mol. The van der Waals surface area contributed by atoms with Gasteiger partial charge in [-0.3, -0.25) is 4.79 Å². The fraction of sp³-hybridized carbons (Fsp3) is 0.125. The highest BCUT2D eigenvalue weighted by molar-refractivity contribution is 6.00. The Morgan fingerprint density at radius 2 is 1.85 bits per heavy atom. The second-order valence-electron chi connectivity index (χ2n) is 4.48. The number of aliphatic carboxylic acids is 1. The summed E-state index contributed by atoms with van der Waals surface area (Å²) in [5.41, 5.74) is 1.63. The first-order valence-corrected chi connectivity index (χ1v) is 6.03. The molecule has 0 saturated carbocycles. The van der Waals surface area contributed by atoms with E-state index < -0.39 is 11.9 Å². The van der Waals surface area contributed by atoms with Crippen LogP contribution >= 0.6 is 0 Å². The van der Waals surface area contributed by atoms with Gasteiger partial charge in [0, 0.05) is 5.56 Å². The highest BCUT2D eigenvalue weighted by Gasteiger charge is 2.13. The number of carboxylic acids is 1. The van der Waals surface area contributed by atoms with Crippen LogP contribution in [0.4, 0.5) is 0 Å². The lowest BCUT2D eigenvalue weighted by atomic mass is 10.1. The molecule has 4 heteroatoms. The number of carboxylic acid groups (broad SMARTS) is 1. The molecule has 0 aliphatic rings. The third kappa shape index (κ3) is 4.94. The molecule has 4 nitrogen and oxygen atoms in total. The van der Waals surface area contributed by atoms with E-state index in [1.807, 2.05) is 6.92 Å². The summed E-state index contributed by atoms with van der Waals surface area (Å²) in [4.78, 5) is 23.0. The van der Waals surface area contributed by atoms with Crippen molar-refractivity contribution in [2.24, 2.45) is 0 Å². The van der Waals surface area contributed by atoms with Crippen molar-refractivity contribution in [3.63, 3.8) is 0 Å². The Labute approximate surface area is 118 Å². The zero-order valence-corrected chi connectivity index (χ0v) is 11.3.